The van der Waals surface area contributed by atoms with E-state index in [2.05, 4.69) is 100 Å². The molecule has 0 aliphatic carbocycles. The highest BCUT2D eigenvalue weighted by Crippen LogP contribution is 2.35. The predicted molar refractivity (Wildman–Crippen MR) is 127 cm³/mol. The van der Waals surface area contributed by atoms with Crippen molar-refractivity contribution in [3.63, 3.8) is 0 Å². The second-order valence-electron chi connectivity index (χ2n) is 7.46. The molecule has 2 aromatic carbocycles. The Balaban J connectivity index is 1.65. The van der Waals surface area contributed by atoms with Crippen molar-refractivity contribution in [3.8, 4) is 17.2 Å². The van der Waals surface area contributed by atoms with E-state index in [1.54, 1.807) is 23.1 Å². The average molecular weight is 431 g/mol. The van der Waals surface area contributed by atoms with Gasteiger partial charge in [0.2, 0.25) is 0 Å². The molecule has 0 unspecified atom stereocenters. The first kappa shape index (κ1) is 19.2. The fraction of sp³-hybridized carbons (Fsp3) is 0.167. The van der Waals surface area contributed by atoms with Gasteiger partial charge in [0.15, 0.2) is 11.0 Å². The van der Waals surface area contributed by atoms with Gasteiger partial charge in [-0.05, 0) is 54.1 Å². The molecule has 5 aromatic rings. The summed E-state index contributed by atoms with van der Waals surface area (Å²) in [4.78, 5) is 0. The predicted octanol–water partition coefficient (Wildman–Crippen LogP) is 6.40. The Morgan fingerprint density at radius 3 is 2.60 bits per heavy atom. The van der Waals surface area contributed by atoms with Crippen LogP contribution in [-0.4, -0.2) is 19.3 Å². The molecule has 0 spiro atoms. The fourth-order valence-corrected chi connectivity index (χ4v) is 5.44. The molecule has 0 N–H and O–H groups in total. The minimum Gasteiger partial charge on any atom is -0.340 e. The van der Waals surface area contributed by atoms with E-state index in [1.807, 2.05) is 6.07 Å². The lowest BCUT2D eigenvalue weighted by molar-refractivity contribution is 0.872. The molecule has 0 bridgehead atoms. The number of aromatic nitrogens is 4. The van der Waals surface area contributed by atoms with Crippen molar-refractivity contribution in [2.75, 3.05) is 0 Å². The first-order valence-electron chi connectivity index (χ1n) is 9.85. The highest BCUT2D eigenvalue weighted by molar-refractivity contribution is 7.98. The van der Waals surface area contributed by atoms with Crippen LogP contribution in [0.25, 0.3) is 27.4 Å². The van der Waals surface area contributed by atoms with Crippen molar-refractivity contribution in [1.29, 1.82) is 0 Å². The van der Waals surface area contributed by atoms with Crippen molar-refractivity contribution < 1.29 is 0 Å². The van der Waals surface area contributed by atoms with Gasteiger partial charge >= 0.3 is 0 Å². The van der Waals surface area contributed by atoms with Crippen molar-refractivity contribution in [2.24, 2.45) is 7.05 Å². The lowest BCUT2D eigenvalue weighted by atomic mass is 10.1. The van der Waals surface area contributed by atoms with Gasteiger partial charge in [-0.15, -0.1) is 21.5 Å². The number of hydrogen-bond acceptors (Lipinski definition) is 4. The Hall–Kier alpha value is -2.83. The Kier molecular flexibility index (Phi) is 4.97. The van der Waals surface area contributed by atoms with Crippen LogP contribution in [0.1, 0.15) is 16.7 Å². The smallest absolute Gasteiger partial charge is 0.196 e. The van der Waals surface area contributed by atoms with Gasteiger partial charge < -0.3 is 4.57 Å². The normalized spacial score (nSPS) is 11.4. The Bertz CT molecular complexity index is 1330. The van der Waals surface area contributed by atoms with Crippen molar-refractivity contribution in [2.45, 2.75) is 24.8 Å². The number of benzene rings is 2. The van der Waals surface area contributed by atoms with Crippen LogP contribution in [0.15, 0.2) is 71.2 Å². The molecule has 5 rings (SSSR count). The summed E-state index contributed by atoms with van der Waals surface area (Å²) in [5.74, 6) is 1.73. The molecule has 3 aromatic heterocycles. The van der Waals surface area contributed by atoms with Gasteiger partial charge in [-0.25, -0.2) is 0 Å². The summed E-state index contributed by atoms with van der Waals surface area (Å²) in [5, 5.41) is 12.3. The first-order chi connectivity index (χ1) is 14.6. The van der Waals surface area contributed by atoms with Gasteiger partial charge in [-0.3, -0.25) is 4.57 Å². The number of thiophene rings is 1. The minimum atomic E-state index is 0.853. The molecule has 0 radical (unpaired) electrons. The van der Waals surface area contributed by atoms with Gasteiger partial charge in [-0.2, -0.15) is 0 Å². The first-order valence-corrected chi connectivity index (χ1v) is 11.7. The maximum absolute atomic E-state index is 4.66. The summed E-state index contributed by atoms with van der Waals surface area (Å²) >= 11 is 3.48. The third-order valence-electron chi connectivity index (χ3n) is 5.34. The van der Waals surface area contributed by atoms with Gasteiger partial charge in [0.05, 0.1) is 21.6 Å². The van der Waals surface area contributed by atoms with Crippen LogP contribution in [0.5, 0.6) is 0 Å². The Morgan fingerprint density at radius 2 is 1.80 bits per heavy atom. The Morgan fingerprint density at radius 1 is 0.967 bits per heavy atom. The summed E-state index contributed by atoms with van der Waals surface area (Å²) in [6.45, 7) is 4.27. The zero-order valence-electron chi connectivity index (χ0n) is 17.2. The van der Waals surface area contributed by atoms with E-state index < -0.39 is 0 Å². The van der Waals surface area contributed by atoms with E-state index in [0.717, 1.165) is 28.1 Å². The third-order valence-corrected chi connectivity index (χ3v) is 7.20. The van der Waals surface area contributed by atoms with E-state index in [4.69, 9.17) is 0 Å². The van der Waals surface area contributed by atoms with Crippen molar-refractivity contribution >= 4 is 33.3 Å². The van der Waals surface area contributed by atoms with E-state index in [9.17, 15) is 0 Å². The number of nitrogens with zero attached hydrogens (tertiary/aromatic N) is 4. The zero-order chi connectivity index (χ0) is 20.7. The molecule has 0 aliphatic rings. The topological polar surface area (TPSA) is 35.6 Å². The van der Waals surface area contributed by atoms with Crippen LogP contribution < -0.4 is 0 Å². The standard InChI is InChI=1S/C24H22N4S2/c1-16-9-10-17(2)20(13-16)28-23(21-14-22-19(27(21)3)11-12-29-22)25-26-24(28)30-15-18-7-5-4-6-8-18/h4-14H,15H2,1-3H3. The molecule has 0 saturated heterocycles. The van der Waals surface area contributed by atoms with E-state index in [-0.39, 0.29) is 0 Å². The molecular weight excluding hydrogens is 408 g/mol. The van der Waals surface area contributed by atoms with Gasteiger partial charge in [-0.1, -0.05) is 54.2 Å². The molecular formula is C24H22N4S2. The molecule has 0 atom stereocenters. The lowest BCUT2D eigenvalue weighted by Crippen LogP contribution is -2.04. The van der Waals surface area contributed by atoms with E-state index in [1.165, 1.54) is 26.9 Å². The monoisotopic (exact) mass is 430 g/mol. The molecule has 0 amide bonds. The van der Waals surface area contributed by atoms with Crippen LogP contribution in [0.3, 0.4) is 0 Å². The summed E-state index contributed by atoms with van der Waals surface area (Å²) in [6.07, 6.45) is 0. The molecule has 0 saturated carbocycles. The number of aryl methyl sites for hydroxylation is 3. The molecule has 150 valence electrons. The maximum atomic E-state index is 4.66. The number of hydrogen-bond donors (Lipinski definition) is 0. The zero-order valence-corrected chi connectivity index (χ0v) is 18.8. The summed E-state index contributed by atoms with van der Waals surface area (Å²) in [6, 6.07) is 21.4. The summed E-state index contributed by atoms with van der Waals surface area (Å²) in [7, 11) is 2.10. The highest BCUT2D eigenvalue weighted by atomic mass is 32.2. The Labute approximate surface area is 184 Å². The van der Waals surface area contributed by atoms with E-state index >= 15 is 0 Å². The quantitative estimate of drug-likeness (QED) is 0.303. The van der Waals surface area contributed by atoms with Crippen LogP contribution in [0.2, 0.25) is 0 Å². The van der Waals surface area contributed by atoms with E-state index in [0.29, 0.717) is 0 Å². The number of fused-ring (bicyclic) bond motifs is 1. The molecule has 0 aliphatic heterocycles. The highest BCUT2D eigenvalue weighted by Gasteiger charge is 2.21. The van der Waals surface area contributed by atoms with Crippen molar-refractivity contribution in [3.05, 3.63) is 82.7 Å². The molecule has 30 heavy (non-hydrogen) atoms. The summed E-state index contributed by atoms with van der Waals surface area (Å²) < 4.78 is 5.69. The largest absolute Gasteiger partial charge is 0.340 e. The SMILES string of the molecule is Cc1ccc(C)c(-n2c(SCc3ccccc3)nnc2-c2cc3sccc3n2C)c1. The summed E-state index contributed by atoms with van der Waals surface area (Å²) in [5.41, 5.74) is 7.15. The molecule has 6 heteroatoms. The maximum Gasteiger partial charge on any atom is 0.196 e. The lowest BCUT2D eigenvalue weighted by Gasteiger charge is -2.14. The number of rotatable bonds is 5. The number of thioether (sulfide) groups is 1. The van der Waals surface area contributed by atoms with Crippen LogP contribution in [-0.2, 0) is 12.8 Å². The third kappa shape index (κ3) is 3.36. The van der Waals surface area contributed by atoms with Gasteiger partial charge in [0.1, 0.15) is 0 Å². The van der Waals surface area contributed by atoms with Crippen molar-refractivity contribution in [1.82, 2.24) is 19.3 Å². The van der Waals surface area contributed by atoms with Crippen LogP contribution in [0.4, 0.5) is 0 Å². The second kappa shape index (κ2) is 7.78. The van der Waals surface area contributed by atoms with Gasteiger partial charge in [0.25, 0.3) is 0 Å². The average Bonchev–Trinajstić information content (AvgIpc) is 3.45. The van der Waals surface area contributed by atoms with Crippen LogP contribution >= 0.6 is 23.1 Å². The minimum absolute atomic E-state index is 0.853. The van der Waals surface area contributed by atoms with Crippen LogP contribution in [0, 0.1) is 13.8 Å². The molecule has 3 heterocycles. The fourth-order valence-electron chi connectivity index (χ4n) is 3.69. The molecule has 4 nitrogen and oxygen atoms in total. The second-order valence-corrected chi connectivity index (χ2v) is 9.35. The molecule has 0 fully saturated rings. The van der Waals surface area contributed by atoms with Gasteiger partial charge in [0, 0.05) is 12.8 Å².